The van der Waals surface area contributed by atoms with Gasteiger partial charge in [-0.05, 0) is 43.0 Å². The third-order valence-electron chi connectivity index (χ3n) is 5.45. The number of hydrogen-bond acceptors (Lipinski definition) is 4. The molecule has 3 heterocycles. The molecule has 4 rings (SSSR count). The minimum Gasteiger partial charge on any atom is -0.379 e. The van der Waals surface area contributed by atoms with E-state index in [1.165, 1.54) is 25.8 Å². The molecule has 1 spiro atoms. The SMILES string of the molecule is O=C(c1ccsc1)N1CCC[C@]2(COCCN(CC3CC3)C2)C1. The van der Waals surface area contributed by atoms with Crippen molar-refractivity contribution in [1.29, 1.82) is 0 Å². The first-order valence-corrected chi connectivity index (χ1v) is 9.80. The molecule has 23 heavy (non-hydrogen) atoms. The van der Waals surface area contributed by atoms with Crippen LogP contribution < -0.4 is 0 Å². The van der Waals surface area contributed by atoms with Crippen LogP contribution in [0.25, 0.3) is 0 Å². The Balaban J connectivity index is 1.46. The fraction of sp³-hybridized carbons (Fsp3) is 0.722. The number of likely N-dealkylation sites (tertiary alicyclic amines) is 1. The van der Waals surface area contributed by atoms with Crippen LogP contribution in [0.4, 0.5) is 0 Å². The first-order valence-electron chi connectivity index (χ1n) is 8.86. The Kier molecular flexibility index (Phi) is 4.43. The fourth-order valence-corrected chi connectivity index (χ4v) is 4.73. The molecule has 0 unspecified atom stereocenters. The van der Waals surface area contributed by atoms with Gasteiger partial charge in [0.05, 0.1) is 18.8 Å². The largest absolute Gasteiger partial charge is 0.379 e. The maximum Gasteiger partial charge on any atom is 0.254 e. The highest BCUT2D eigenvalue weighted by atomic mass is 32.1. The van der Waals surface area contributed by atoms with Crippen molar-refractivity contribution in [3.63, 3.8) is 0 Å². The van der Waals surface area contributed by atoms with Crippen LogP contribution in [-0.2, 0) is 4.74 Å². The molecule has 1 aromatic rings. The molecular weight excluding hydrogens is 308 g/mol. The average Bonchev–Trinajstić information content (AvgIpc) is 3.24. The summed E-state index contributed by atoms with van der Waals surface area (Å²) >= 11 is 1.60. The van der Waals surface area contributed by atoms with E-state index in [2.05, 4.69) is 9.80 Å². The van der Waals surface area contributed by atoms with E-state index in [4.69, 9.17) is 4.74 Å². The van der Waals surface area contributed by atoms with Crippen LogP contribution in [0.5, 0.6) is 0 Å². The quantitative estimate of drug-likeness (QED) is 0.852. The van der Waals surface area contributed by atoms with Crippen molar-refractivity contribution in [2.75, 3.05) is 45.9 Å². The van der Waals surface area contributed by atoms with Crippen LogP contribution in [0, 0.1) is 11.3 Å². The predicted octanol–water partition coefficient (Wildman–Crippen LogP) is 2.71. The number of carbonyl (C=O) groups excluding carboxylic acids is 1. The van der Waals surface area contributed by atoms with Crippen LogP contribution >= 0.6 is 11.3 Å². The summed E-state index contributed by atoms with van der Waals surface area (Å²) in [5.74, 6) is 1.11. The standard InChI is InChI=1S/C18H26N2O2S/c21-17(16-4-9-23-11-16)20-6-1-5-18(13-20)12-19(7-8-22-14-18)10-15-2-3-15/h4,9,11,15H,1-3,5-8,10,12-14H2/t18-/m1/s1. The summed E-state index contributed by atoms with van der Waals surface area (Å²) in [6.45, 7) is 6.76. The molecule has 0 radical (unpaired) electrons. The molecule has 126 valence electrons. The molecule has 1 atom stereocenters. The lowest BCUT2D eigenvalue weighted by Gasteiger charge is -2.43. The van der Waals surface area contributed by atoms with E-state index in [1.54, 1.807) is 11.3 Å². The number of thiophene rings is 1. The van der Waals surface area contributed by atoms with Crippen molar-refractivity contribution in [2.45, 2.75) is 25.7 Å². The van der Waals surface area contributed by atoms with Gasteiger partial charge in [-0.15, -0.1) is 0 Å². The van der Waals surface area contributed by atoms with E-state index in [0.29, 0.717) is 0 Å². The normalized spacial score (nSPS) is 29.7. The highest BCUT2D eigenvalue weighted by Gasteiger charge is 2.41. The molecule has 5 heteroatoms. The highest BCUT2D eigenvalue weighted by molar-refractivity contribution is 7.08. The number of carbonyl (C=O) groups is 1. The van der Waals surface area contributed by atoms with Crippen LogP contribution in [0.1, 0.15) is 36.0 Å². The zero-order valence-electron chi connectivity index (χ0n) is 13.7. The minimum atomic E-state index is 0.134. The van der Waals surface area contributed by atoms with Gasteiger partial charge in [0.15, 0.2) is 0 Å². The lowest BCUT2D eigenvalue weighted by molar-refractivity contribution is 0.00720. The van der Waals surface area contributed by atoms with Gasteiger partial charge in [-0.3, -0.25) is 4.79 Å². The van der Waals surface area contributed by atoms with Gasteiger partial charge in [-0.2, -0.15) is 11.3 Å². The molecule has 0 bridgehead atoms. The van der Waals surface area contributed by atoms with Crippen molar-refractivity contribution in [2.24, 2.45) is 11.3 Å². The molecule has 3 aliphatic rings. The number of ether oxygens (including phenoxy) is 1. The van der Waals surface area contributed by atoms with E-state index < -0.39 is 0 Å². The third kappa shape index (κ3) is 3.62. The highest BCUT2D eigenvalue weighted by Crippen LogP contribution is 2.36. The van der Waals surface area contributed by atoms with Gasteiger partial charge >= 0.3 is 0 Å². The first-order chi connectivity index (χ1) is 11.2. The van der Waals surface area contributed by atoms with Gasteiger partial charge < -0.3 is 14.5 Å². The molecule has 2 saturated heterocycles. The van der Waals surface area contributed by atoms with E-state index in [1.807, 2.05) is 16.8 Å². The Morgan fingerprint density at radius 2 is 2.26 bits per heavy atom. The summed E-state index contributed by atoms with van der Waals surface area (Å²) in [7, 11) is 0. The maximum absolute atomic E-state index is 12.7. The number of rotatable bonds is 3. The van der Waals surface area contributed by atoms with Crippen LogP contribution in [-0.4, -0.2) is 61.6 Å². The molecule has 3 fully saturated rings. The predicted molar refractivity (Wildman–Crippen MR) is 91.9 cm³/mol. The van der Waals surface area contributed by atoms with Crippen molar-refractivity contribution >= 4 is 17.2 Å². The molecule has 1 aliphatic carbocycles. The lowest BCUT2D eigenvalue weighted by atomic mass is 9.80. The summed E-state index contributed by atoms with van der Waals surface area (Å²) in [4.78, 5) is 17.4. The van der Waals surface area contributed by atoms with E-state index in [0.717, 1.165) is 57.3 Å². The van der Waals surface area contributed by atoms with Gasteiger partial charge in [0, 0.05) is 43.5 Å². The van der Waals surface area contributed by atoms with Gasteiger partial charge in [0.1, 0.15) is 0 Å². The Morgan fingerprint density at radius 1 is 1.35 bits per heavy atom. The number of piperidine rings is 1. The van der Waals surface area contributed by atoms with Gasteiger partial charge in [0.25, 0.3) is 5.91 Å². The molecular formula is C18H26N2O2S. The van der Waals surface area contributed by atoms with Crippen molar-refractivity contribution in [1.82, 2.24) is 9.80 Å². The second kappa shape index (κ2) is 6.54. The molecule has 0 N–H and O–H groups in total. The smallest absolute Gasteiger partial charge is 0.254 e. The molecule has 0 aromatic carbocycles. The Labute approximate surface area is 142 Å². The average molecular weight is 334 g/mol. The molecule has 1 amide bonds. The van der Waals surface area contributed by atoms with E-state index in [9.17, 15) is 4.79 Å². The van der Waals surface area contributed by atoms with E-state index in [-0.39, 0.29) is 11.3 Å². The lowest BCUT2D eigenvalue weighted by Crippen LogP contribution is -2.52. The van der Waals surface area contributed by atoms with Crippen molar-refractivity contribution in [3.8, 4) is 0 Å². The summed E-state index contributed by atoms with van der Waals surface area (Å²) < 4.78 is 5.96. The topological polar surface area (TPSA) is 32.8 Å². The molecule has 1 saturated carbocycles. The monoisotopic (exact) mass is 334 g/mol. The Morgan fingerprint density at radius 3 is 3.04 bits per heavy atom. The number of hydrogen-bond donors (Lipinski definition) is 0. The van der Waals surface area contributed by atoms with Gasteiger partial charge in [-0.25, -0.2) is 0 Å². The Hall–Kier alpha value is -0.910. The van der Waals surface area contributed by atoms with Crippen molar-refractivity contribution in [3.05, 3.63) is 22.4 Å². The van der Waals surface area contributed by atoms with Crippen LogP contribution in [0.15, 0.2) is 16.8 Å². The molecule has 4 nitrogen and oxygen atoms in total. The second-order valence-corrected chi connectivity index (χ2v) is 8.35. The fourth-order valence-electron chi connectivity index (χ4n) is 4.10. The third-order valence-corrected chi connectivity index (χ3v) is 6.13. The molecule has 2 aliphatic heterocycles. The summed E-state index contributed by atoms with van der Waals surface area (Å²) in [6.07, 6.45) is 5.07. The Bertz CT molecular complexity index is 543. The molecule has 1 aromatic heterocycles. The maximum atomic E-state index is 12.7. The summed E-state index contributed by atoms with van der Waals surface area (Å²) in [5, 5.41) is 3.95. The van der Waals surface area contributed by atoms with Crippen LogP contribution in [0.3, 0.4) is 0 Å². The number of nitrogens with zero attached hydrogens (tertiary/aromatic N) is 2. The van der Waals surface area contributed by atoms with Gasteiger partial charge in [0.2, 0.25) is 0 Å². The number of amides is 1. The first kappa shape index (κ1) is 15.6. The zero-order chi connectivity index (χ0) is 15.7. The second-order valence-electron chi connectivity index (χ2n) is 7.57. The zero-order valence-corrected chi connectivity index (χ0v) is 14.5. The minimum absolute atomic E-state index is 0.134. The van der Waals surface area contributed by atoms with E-state index >= 15 is 0 Å². The van der Waals surface area contributed by atoms with Gasteiger partial charge in [-0.1, -0.05) is 0 Å². The summed E-state index contributed by atoms with van der Waals surface area (Å²) in [5.41, 5.74) is 0.978. The summed E-state index contributed by atoms with van der Waals surface area (Å²) in [6, 6.07) is 1.94. The van der Waals surface area contributed by atoms with Crippen LogP contribution in [0.2, 0.25) is 0 Å². The van der Waals surface area contributed by atoms with Crippen molar-refractivity contribution < 1.29 is 9.53 Å².